The van der Waals surface area contributed by atoms with E-state index in [9.17, 15) is 5.21 Å². The maximum absolute atomic E-state index is 11.9. The van der Waals surface area contributed by atoms with Gasteiger partial charge in [0.15, 0.2) is 0 Å². The van der Waals surface area contributed by atoms with Crippen molar-refractivity contribution in [3.05, 3.63) is 53.7 Å². The second-order valence-electron chi connectivity index (χ2n) is 4.58. The average Bonchev–Trinajstić information content (AvgIpc) is 2.96. The molecule has 0 unspecified atom stereocenters. The largest absolute Gasteiger partial charge is 0.497 e. The number of benzene rings is 2. The predicted molar refractivity (Wildman–Crippen MR) is 79.4 cm³/mol. The molecule has 6 heteroatoms. The molecule has 0 bridgehead atoms. The van der Waals surface area contributed by atoms with Gasteiger partial charge in [-0.25, -0.2) is 0 Å². The molecule has 0 radical (unpaired) electrons. The lowest BCUT2D eigenvalue weighted by Gasteiger charge is -2.03. The fourth-order valence-corrected chi connectivity index (χ4v) is 2.18. The van der Waals surface area contributed by atoms with Gasteiger partial charge >= 0.3 is 0 Å². The highest BCUT2D eigenvalue weighted by Gasteiger charge is 2.22. The van der Waals surface area contributed by atoms with Crippen molar-refractivity contribution in [2.24, 2.45) is 0 Å². The first kappa shape index (κ1) is 13.9. The van der Waals surface area contributed by atoms with Gasteiger partial charge in [-0.05, 0) is 53.4 Å². The molecule has 3 aromatic rings. The number of aromatic nitrogens is 2. The van der Waals surface area contributed by atoms with Crippen molar-refractivity contribution in [3.8, 4) is 34.0 Å². The Hall–Kier alpha value is -3.02. The summed E-state index contributed by atoms with van der Waals surface area (Å²) in [6, 6.07) is 14.4. The second kappa shape index (κ2) is 5.77. The molecule has 3 rings (SSSR count). The zero-order valence-electron chi connectivity index (χ0n) is 12.1. The lowest BCUT2D eigenvalue weighted by Crippen LogP contribution is -2.25. The Labute approximate surface area is 127 Å². The summed E-state index contributed by atoms with van der Waals surface area (Å²) >= 11 is 0. The molecule has 0 spiro atoms. The summed E-state index contributed by atoms with van der Waals surface area (Å²) in [5.41, 5.74) is 2.29. The van der Waals surface area contributed by atoms with Crippen LogP contribution in [0.1, 0.15) is 0 Å². The summed E-state index contributed by atoms with van der Waals surface area (Å²) in [5, 5.41) is 15.8. The van der Waals surface area contributed by atoms with E-state index in [1.165, 1.54) is 0 Å². The predicted octanol–water partition coefficient (Wildman–Crippen LogP) is 2.66. The van der Waals surface area contributed by atoms with Gasteiger partial charge in [-0.3, -0.25) is 4.63 Å². The summed E-state index contributed by atoms with van der Waals surface area (Å²) in [5.74, 6) is 1.44. The maximum atomic E-state index is 11.9. The first-order valence-corrected chi connectivity index (χ1v) is 6.61. The summed E-state index contributed by atoms with van der Waals surface area (Å²) in [7, 11) is 3.18. The minimum absolute atomic E-state index is 0.354. The Morgan fingerprint density at radius 3 is 1.86 bits per heavy atom. The fourth-order valence-electron chi connectivity index (χ4n) is 2.18. The van der Waals surface area contributed by atoms with E-state index in [2.05, 4.69) is 5.16 Å². The minimum atomic E-state index is 0.354. The summed E-state index contributed by atoms with van der Waals surface area (Å²) in [6.45, 7) is 0. The van der Waals surface area contributed by atoms with Crippen LogP contribution >= 0.6 is 0 Å². The highest BCUT2D eigenvalue weighted by molar-refractivity contribution is 5.75. The van der Waals surface area contributed by atoms with Gasteiger partial charge in [0.05, 0.1) is 14.2 Å². The molecule has 112 valence electrons. The molecule has 0 amide bonds. The van der Waals surface area contributed by atoms with Crippen molar-refractivity contribution in [1.29, 1.82) is 0 Å². The number of hydrogen-bond acceptors (Lipinski definition) is 5. The third-order valence-corrected chi connectivity index (χ3v) is 3.34. The van der Waals surface area contributed by atoms with Crippen LogP contribution in [-0.4, -0.2) is 19.4 Å². The second-order valence-corrected chi connectivity index (χ2v) is 4.58. The van der Waals surface area contributed by atoms with E-state index in [-0.39, 0.29) is 0 Å². The van der Waals surface area contributed by atoms with Crippen molar-refractivity contribution in [2.75, 3.05) is 14.2 Å². The molecule has 0 N–H and O–H groups in total. The monoisotopic (exact) mass is 298 g/mol. The third kappa shape index (κ3) is 2.46. The van der Waals surface area contributed by atoms with E-state index < -0.39 is 0 Å². The Bertz CT molecular complexity index is 764. The fraction of sp³-hybridized carbons (Fsp3) is 0.125. The van der Waals surface area contributed by atoms with Crippen LogP contribution in [0, 0.1) is 5.21 Å². The zero-order chi connectivity index (χ0) is 15.5. The Kier molecular flexibility index (Phi) is 3.65. The number of nitrogens with zero attached hydrogens (tertiary/aromatic N) is 2. The molecule has 0 saturated carbocycles. The van der Waals surface area contributed by atoms with Crippen molar-refractivity contribution in [2.45, 2.75) is 0 Å². The van der Waals surface area contributed by atoms with Crippen LogP contribution in [-0.2, 0) is 0 Å². The highest BCUT2D eigenvalue weighted by Crippen LogP contribution is 2.29. The first-order chi connectivity index (χ1) is 10.7. The molecule has 1 aromatic heterocycles. The standard InChI is InChI=1S/C16H14N2O4/c1-20-13-7-3-11(4-8-13)15-16(18(19)22-17-15)12-5-9-14(21-2)10-6-12/h3-10H,1-2H3. The van der Waals surface area contributed by atoms with Crippen LogP contribution in [0.5, 0.6) is 11.5 Å². The number of hydrogen-bond donors (Lipinski definition) is 0. The molecule has 22 heavy (non-hydrogen) atoms. The van der Waals surface area contributed by atoms with Gasteiger partial charge in [-0.15, -0.1) is 0 Å². The van der Waals surface area contributed by atoms with Crippen LogP contribution in [0.2, 0.25) is 0 Å². The van der Waals surface area contributed by atoms with Crippen LogP contribution in [0.25, 0.3) is 22.5 Å². The minimum Gasteiger partial charge on any atom is -0.497 e. The van der Waals surface area contributed by atoms with Gasteiger partial charge in [0.1, 0.15) is 11.5 Å². The molecule has 0 saturated heterocycles. The summed E-state index contributed by atoms with van der Waals surface area (Å²) < 4.78 is 15.0. The van der Waals surface area contributed by atoms with E-state index in [0.29, 0.717) is 27.6 Å². The van der Waals surface area contributed by atoms with E-state index in [1.807, 2.05) is 12.1 Å². The van der Waals surface area contributed by atoms with Gasteiger partial charge in [0, 0.05) is 16.3 Å². The normalized spacial score (nSPS) is 10.5. The first-order valence-electron chi connectivity index (χ1n) is 6.61. The van der Waals surface area contributed by atoms with Gasteiger partial charge in [-0.1, -0.05) is 0 Å². The lowest BCUT2D eigenvalue weighted by molar-refractivity contribution is -0.793. The zero-order valence-corrected chi connectivity index (χ0v) is 12.1. The third-order valence-electron chi connectivity index (χ3n) is 3.34. The molecule has 2 aromatic carbocycles. The van der Waals surface area contributed by atoms with Crippen molar-refractivity contribution in [3.63, 3.8) is 0 Å². The molecule has 6 nitrogen and oxygen atoms in total. The molecule has 1 heterocycles. The number of ether oxygens (including phenoxy) is 2. The quantitative estimate of drug-likeness (QED) is 0.692. The molecule has 0 aliphatic carbocycles. The van der Waals surface area contributed by atoms with E-state index >= 15 is 0 Å². The molecular weight excluding hydrogens is 284 g/mol. The van der Waals surface area contributed by atoms with Gasteiger partial charge < -0.3 is 14.7 Å². The SMILES string of the molecule is COc1ccc(-c2no[n+]([O-])c2-c2ccc(OC)cc2)cc1. The van der Waals surface area contributed by atoms with Gasteiger partial charge in [-0.2, -0.15) is 0 Å². The van der Waals surface area contributed by atoms with Gasteiger partial charge in [0.25, 0.3) is 5.69 Å². The molecule has 0 aliphatic rings. The van der Waals surface area contributed by atoms with Crippen LogP contribution in [0.4, 0.5) is 0 Å². The maximum Gasteiger partial charge on any atom is 0.256 e. The summed E-state index contributed by atoms with van der Waals surface area (Å²) in [4.78, 5) is 0.404. The van der Waals surface area contributed by atoms with E-state index in [0.717, 1.165) is 11.3 Å². The number of rotatable bonds is 4. The summed E-state index contributed by atoms with van der Waals surface area (Å²) in [6.07, 6.45) is 0. The number of methoxy groups -OCH3 is 2. The van der Waals surface area contributed by atoms with E-state index in [4.69, 9.17) is 14.1 Å². The topological polar surface area (TPSA) is 71.4 Å². The molecule has 0 atom stereocenters. The highest BCUT2D eigenvalue weighted by atomic mass is 16.8. The smallest absolute Gasteiger partial charge is 0.256 e. The lowest BCUT2D eigenvalue weighted by atomic mass is 10.0. The Balaban J connectivity index is 2.05. The van der Waals surface area contributed by atoms with Gasteiger partial charge in [0.2, 0.25) is 5.69 Å². The van der Waals surface area contributed by atoms with Crippen molar-refractivity contribution in [1.82, 2.24) is 5.16 Å². The van der Waals surface area contributed by atoms with Crippen molar-refractivity contribution >= 4 is 0 Å². The Morgan fingerprint density at radius 1 is 0.864 bits per heavy atom. The molecule has 0 aliphatic heterocycles. The van der Waals surface area contributed by atoms with Crippen LogP contribution in [0.3, 0.4) is 0 Å². The van der Waals surface area contributed by atoms with Crippen LogP contribution < -0.4 is 14.4 Å². The Morgan fingerprint density at radius 2 is 1.36 bits per heavy atom. The average molecular weight is 298 g/mol. The van der Waals surface area contributed by atoms with Crippen molar-refractivity contribution < 1.29 is 19.0 Å². The molecular formula is C16H14N2O4. The van der Waals surface area contributed by atoms with Crippen LogP contribution in [0.15, 0.2) is 53.2 Å². The van der Waals surface area contributed by atoms with E-state index in [1.54, 1.807) is 50.6 Å². The molecule has 0 fully saturated rings.